The Morgan fingerprint density at radius 2 is 1.82 bits per heavy atom. The highest BCUT2D eigenvalue weighted by atomic mass is 16.4. The lowest BCUT2D eigenvalue weighted by molar-refractivity contribution is 0.185. The summed E-state index contributed by atoms with van der Waals surface area (Å²) in [5, 5.41) is 12.1. The summed E-state index contributed by atoms with van der Waals surface area (Å²) in [6, 6.07) is 6.33. The summed E-state index contributed by atoms with van der Waals surface area (Å²) in [6.45, 7) is 0. The van der Waals surface area contributed by atoms with Gasteiger partial charge in [-0.3, -0.25) is 5.32 Å². The zero-order chi connectivity index (χ0) is 8.27. The van der Waals surface area contributed by atoms with Gasteiger partial charge >= 0.3 is 6.09 Å². The number of carbonyl (C=O) groups excluding carboxylic acids is 1. The summed E-state index contributed by atoms with van der Waals surface area (Å²) >= 11 is 0. The molecule has 4 nitrogen and oxygen atoms in total. The van der Waals surface area contributed by atoms with Crippen LogP contribution in [-0.2, 0) is 5.11 Å². The van der Waals surface area contributed by atoms with Crippen LogP contribution in [0.1, 0.15) is 0 Å². The Morgan fingerprint density at radius 3 is 2.27 bits per heavy atom. The van der Waals surface area contributed by atoms with Gasteiger partial charge in [0.05, 0.1) is 0 Å². The maximum atomic E-state index is 10.0. The molecule has 1 amide bonds. The topological polar surface area (TPSA) is 75.0 Å². The minimum absolute atomic E-state index is 0.458. The van der Waals surface area contributed by atoms with Crippen LogP contribution in [-0.4, -0.2) is 6.09 Å². The van der Waals surface area contributed by atoms with Gasteiger partial charge in [0.15, 0.2) is 0 Å². The molecule has 0 bridgehead atoms. The molecule has 0 unspecified atom stereocenters. The van der Waals surface area contributed by atoms with Crippen LogP contribution in [0.5, 0.6) is 0 Å². The molecule has 1 aromatic carbocycles. The molecule has 57 valence electrons. The fourth-order valence-corrected chi connectivity index (χ4v) is 0.684. The second-order valence-electron chi connectivity index (χ2n) is 2.03. The van der Waals surface area contributed by atoms with E-state index in [-0.39, 0.29) is 0 Å². The zero-order valence-electron chi connectivity index (χ0n) is 5.70. The van der Waals surface area contributed by atoms with E-state index in [2.05, 4.69) is 5.32 Å². The quantitative estimate of drug-likeness (QED) is 0.592. The number of hydrogen-bond donors (Lipinski definition) is 2. The summed E-state index contributed by atoms with van der Waals surface area (Å²) in [5.41, 5.74) is 6.42. The van der Waals surface area contributed by atoms with E-state index >= 15 is 0 Å². The first kappa shape index (κ1) is 7.40. The molecule has 1 aromatic rings. The molecule has 0 saturated heterocycles. The van der Waals surface area contributed by atoms with E-state index in [4.69, 9.17) is 5.73 Å². The molecule has 0 aromatic heterocycles. The number of carbonyl (C=O) groups is 1. The molecular weight excluding hydrogens is 144 g/mol. The lowest BCUT2D eigenvalue weighted by atomic mass is 10.3. The highest BCUT2D eigenvalue weighted by molar-refractivity contribution is 5.82. The monoisotopic (exact) mass is 151 g/mol. The number of rotatable bonds is 1. The van der Waals surface area contributed by atoms with Crippen molar-refractivity contribution < 1.29 is 9.90 Å². The Bertz CT molecular complexity index is 256. The molecule has 0 aliphatic rings. The third kappa shape index (κ3) is 2.17. The van der Waals surface area contributed by atoms with Crippen molar-refractivity contribution >= 4 is 17.5 Å². The number of anilines is 2. The predicted octanol–water partition coefficient (Wildman–Crippen LogP) is 1.23. The Labute approximate surface area is 63.6 Å². The summed E-state index contributed by atoms with van der Waals surface area (Å²) in [6.07, 6.45) is -1.32. The Balaban J connectivity index is 2.74. The molecule has 3 N–H and O–H groups in total. The number of nitrogen functional groups attached to an aromatic ring is 1. The fraction of sp³-hybridized carbons (Fsp3) is 0. The highest BCUT2D eigenvalue weighted by Gasteiger charge is 1.97. The third-order valence-corrected chi connectivity index (χ3v) is 1.16. The smallest absolute Gasteiger partial charge is 0.399 e. The molecule has 4 heteroatoms. The van der Waals surface area contributed by atoms with Gasteiger partial charge in [0, 0.05) is 11.4 Å². The SMILES string of the molecule is Nc1ccc(NC([O])=O)cc1. The average Bonchev–Trinajstić information content (AvgIpc) is 1.93. The zero-order valence-corrected chi connectivity index (χ0v) is 5.70. The molecular formula is C7H7N2O2. The van der Waals surface area contributed by atoms with Gasteiger partial charge in [0.2, 0.25) is 0 Å². The van der Waals surface area contributed by atoms with E-state index in [9.17, 15) is 9.90 Å². The molecule has 0 spiro atoms. The fourth-order valence-electron chi connectivity index (χ4n) is 0.684. The van der Waals surface area contributed by atoms with Gasteiger partial charge in [-0.05, 0) is 24.3 Å². The Hall–Kier alpha value is -1.71. The summed E-state index contributed by atoms with van der Waals surface area (Å²) in [5.74, 6) is 0. The minimum Gasteiger partial charge on any atom is -0.399 e. The van der Waals surface area contributed by atoms with Gasteiger partial charge in [0.1, 0.15) is 0 Å². The van der Waals surface area contributed by atoms with Gasteiger partial charge in [-0.2, -0.15) is 0 Å². The summed E-state index contributed by atoms with van der Waals surface area (Å²) in [7, 11) is 0. The molecule has 0 heterocycles. The maximum absolute atomic E-state index is 10.0. The van der Waals surface area contributed by atoms with E-state index in [0.29, 0.717) is 11.4 Å². The van der Waals surface area contributed by atoms with Crippen LogP contribution in [0.25, 0.3) is 0 Å². The molecule has 0 fully saturated rings. The van der Waals surface area contributed by atoms with Crippen molar-refractivity contribution in [3.05, 3.63) is 24.3 Å². The first-order valence-corrected chi connectivity index (χ1v) is 3.02. The number of hydrogen-bond acceptors (Lipinski definition) is 2. The molecule has 0 aliphatic heterocycles. The van der Waals surface area contributed by atoms with Crippen molar-refractivity contribution in [3.63, 3.8) is 0 Å². The van der Waals surface area contributed by atoms with Crippen molar-refractivity contribution in [3.8, 4) is 0 Å². The molecule has 0 aliphatic carbocycles. The van der Waals surface area contributed by atoms with Crippen molar-refractivity contribution in [2.24, 2.45) is 0 Å². The number of amides is 1. The van der Waals surface area contributed by atoms with Crippen LogP contribution >= 0.6 is 0 Å². The molecule has 0 atom stereocenters. The summed E-state index contributed by atoms with van der Waals surface area (Å²) in [4.78, 5) is 10.0. The standard InChI is InChI=1S/C7H7N2O2/c8-5-1-3-6(4-2-5)9-7(10)11/h1-4,9H,8H2. The van der Waals surface area contributed by atoms with E-state index < -0.39 is 6.09 Å². The van der Waals surface area contributed by atoms with E-state index in [0.717, 1.165) is 0 Å². The second kappa shape index (κ2) is 2.92. The van der Waals surface area contributed by atoms with Gasteiger partial charge in [-0.1, -0.05) is 0 Å². The van der Waals surface area contributed by atoms with Crippen molar-refractivity contribution in [1.29, 1.82) is 0 Å². The van der Waals surface area contributed by atoms with Gasteiger partial charge < -0.3 is 5.73 Å². The first-order valence-electron chi connectivity index (χ1n) is 3.02. The lowest BCUT2D eigenvalue weighted by Crippen LogP contribution is -2.05. The third-order valence-electron chi connectivity index (χ3n) is 1.16. The van der Waals surface area contributed by atoms with Crippen LogP contribution in [0.15, 0.2) is 24.3 Å². The van der Waals surface area contributed by atoms with Gasteiger partial charge in [-0.25, -0.2) is 9.90 Å². The van der Waals surface area contributed by atoms with Gasteiger partial charge in [-0.15, -0.1) is 0 Å². The Morgan fingerprint density at radius 1 is 1.27 bits per heavy atom. The van der Waals surface area contributed by atoms with E-state index in [1.54, 1.807) is 24.3 Å². The molecule has 1 rings (SSSR count). The minimum atomic E-state index is -1.32. The van der Waals surface area contributed by atoms with E-state index in [1.165, 1.54) is 0 Å². The molecule has 11 heavy (non-hydrogen) atoms. The first-order chi connectivity index (χ1) is 5.18. The Kier molecular flexibility index (Phi) is 1.96. The second-order valence-corrected chi connectivity index (χ2v) is 2.03. The predicted molar refractivity (Wildman–Crippen MR) is 40.6 cm³/mol. The lowest BCUT2D eigenvalue weighted by Gasteiger charge is -1.97. The van der Waals surface area contributed by atoms with Crippen molar-refractivity contribution in [2.45, 2.75) is 0 Å². The van der Waals surface area contributed by atoms with Crippen LogP contribution in [0.4, 0.5) is 16.2 Å². The molecule has 1 radical (unpaired) electrons. The average molecular weight is 151 g/mol. The van der Waals surface area contributed by atoms with Crippen LogP contribution in [0.2, 0.25) is 0 Å². The largest absolute Gasteiger partial charge is 0.454 e. The van der Waals surface area contributed by atoms with Crippen molar-refractivity contribution in [2.75, 3.05) is 11.1 Å². The number of nitrogens with one attached hydrogen (secondary N) is 1. The van der Waals surface area contributed by atoms with Crippen LogP contribution < -0.4 is 11.1 Å². The molecule has 0 saturated carbocycles. The number of nitrogens with two attached hydrogens (primary N) is 1. The van der Waals surface area contributed by atoms with Crippen molar-refractivity contribution in [1.82, 2.24) is 0 Å². The number of benzene rings is 1. The normalized spacial score (nSPS) is 9.09. The van der Waals surface area contributed by atoms with E-state index in [1.807, 2.05) is 0 Å². The van der Waals surface area contributed by atoms with Crippen LogP contribution in [0, 0.1) is 0 Å². The van der Waals surface area contributed by atoms with Gasteiger partial charge in [0.25, 0.3) is 0 Å². The maximum Gasteiger partial charge on any atom is 0.454 e. The van der Waals surface area contributed by atoms with Crippen LogP contribution in [0.3, 0.4) is 0 Å². The summed E-state index contributed by atoms with van der Waals surface area (Å²) < 4.78 is 0. The highest BCUT2D eigenvalue weighted by Crippen LogP contribution is 2.09.